The van der Waals surface area contributed by atoms with Crippen LogP contribution >= 0.6 is 0 Å². The van der Waals surface area contributed by atoms with E-state index in [4.69, 9.17) is 4.74 Å². The summed E-state index contributed by atoms with van der Waals surface area (Å²) in [6.07, 6.45) is 1.31. The molecule has 0 radical (unpaired) electrons. The van der Waals surface area contributed by atoms with Crippen LogP contribution in [0.15, 0.2) is 48.5 Å². The highest BCUT2D eigenvalue weighted by Gasteiger charge is 2.32. The van der Waals surface area contributed by atoms with Gasteiger partial charge in [-0.25, -0.2) is 0 Å². The van der Waals surface area contributed by atoms with Gasteiger partial charge in [0.05, 0.1) is 10.8 Å². The number of esters is 1. The van der Waals surface area contributed by atoms with Gasteiger partial charge in [-0.1, -0.05) is 42.8 Å². The highest BCUT2D eigenvalue weighted by atomic mass is 16.6. The summed E-state index contributed by atoms with van der Waals surface area (Å²) in [5, 5.41) is 13.8. The summed E-state index contributed by atoms with van der Waals surface area (Å²) in [6, 6.07) is 13.2. The van der Waals surface area contributed by atoms with Gasteiger partial charge in [0.25, 0.3) is 11.6 Å². The van der Waals surface area contributed by atoms with Gasteiger partial charge in [0.1, 0.15) is 5.69 Å². The molecule has 27 heavy (non-hydrogen) atoms. The third kappa shape index (κ3) is 4.31. The largest absolute Gasteiger partial charge is 0.447 e. The standard InChI is InChI=1S/C20H20N2O5/c1-13-10-11-16(17(12-13)22(25)26)21-19(23)18(14-6-3-2-4-7-14)27-20(24)15-8-5-9-15/h2-4,6-7,10-12,15,18H,5,8-9H2,1H3,(H,21,23). The molecular weight excluding hydrogens is 348 g/mol. The minimum Gasteiger partial charge on any atom is -0.447 e. The summed E-state index contributed by atoms with van der Waals surface area (Å²) >= 11 is 0. The van der Waals surface area contributed by atoms with Gasteiger partial charge >= 0.3 is 5.97 Å². The van der Waals surface area contributed by atoms with E-state index >= 15 is 0 Å². The van der Waals surface area contributed by atoms with E-state index in [1.165, 1.54) is 12.1 Å². The topological polar surface area (TPSA) is 98.5 Å². The predicted molar refractivity (Wildman–Crippen MR) is 99.1 cm³/mol. The molecule has 1 aliphatic rings. The lowest BCUT2D eigenvalue weighted by molar-refractivity contribution is -0.384. The van der Waals surface area contributed by atoms with Crippen molar-refractivity contribution in [1.82, 2.24) is 0 Å². The Balaban J connectivity index is 1.85. The first-order valence-electron chi connectivity index (χ1n) is 8.77. The van der Waals surface area contributed by atoms with Crippen LogP contribution in [0.2, 0.25) is 0 Å². The van der Waals surface area contributed by atoms with E-state index in [9.17, 15) is 19.7 Å². The first kappa shape index (κ1) is 18.6. The fourth-order valence-corrected chi connectivity index (χ4v) is 2.85. The Kier molecular flexibility index (Phi) is 5.49. The Morgan fingerprint density at radius 1 is 1.19 bits per heavy atom. The third-order valence-corrected chi connectivity index (χ3v) is 4.62. The van der Waals surface area contributed by atoms with Crippen LogP contribution in [-0.4, -0.2) is 16.8 Å². The number of anilines is 1. The van der Waals surface area contributed by atoms with Gasteiger partial charge in [-0.05, 0) is 31.4 Å². The van der Waals surface area contributed by atoms with Gasteiger partial charge in [0, 0.05) is 11.6 Å². The van der Waals surface area contributed by atoms with E-state index < -0.39 is 22.9 Å². The smallest absolute Gasteiger partial charge is 0.310 e. The molecule has 7 nitrogen and oxygen atoms in total. The van der Waals surface area contributed by atoms with Crippen molar-refractivity contribution in [3.8, 4) is 0 Å². The zero-order chi connectivity index (χ0) is 19.4. The second-order valence-electron chi connectivity index (χ2n) is 6.62. The Hall–Kier alpha value is -3.22. The summed E-state index contributed by atoms with van der Waals surface area (Å²) in [7, 11) is 0. The maximum Gasteiger partial charge on any atom is 0.310 e. The Labute approximate surface area is 156 Å². The van der Waals surface area contributed by atoms with E-state index in [-0.39, 0.29) is 17.3 Å². The van der Waals surface area contributed by atoms with Gasteiger partial charge < -0.3 is 10.1 Å². The van der Waals surface area contributed by atoms with Crippen molar-refractivity contribution in [2.24, 2.45) is 5.92 Å². The van der Waals surface area contributed by atoms with E-state index in [0.717, 1.165) is 19.3 Å². The quantitative estimate of drug-likeness (QED) is 0.473. The van der Waals surface area contributed by atoms with Gasteiger partial charge in [0.2, 0.25) is 6.10 Å². The lowest BCUT2D eigenvalue weighted by Crippen LogP contribution is -2.31. The van der Waals surface area contributed by atoms with E-state index in [1.54, 1.807) is 43.3 Å². The number of nitrogens with zero attached hydrogens (tertiary/aromatic N) is 1. The average molecular weight is 368 g/mol. The zero-order valence-corrected chi connectivity index (χ0v) is 14.9. The molecule has 0 bridgehead atoms. The van der Waals surface area contributed by atoms with Gasteiger partial charge in [0.15, 0.2) is 0 Å². The minimum absolute atomic E-state index is 0.0659. The summed E-state index contributed by atoms with van der Waals surface area (Å²) in [6.45, 7) is 1.73. The number of nitrogens with one attached hydrogen (secondary N) is 1. The fourth-order valence-electron chi connectivity index (χ4n) is 2.85. The molecule has 0 aromatic heterocycles. The summed E-state index contributed by atoms with van der Waals surface area (Å²) in [5.74, 6) is -1.22. The molecule has 140 valence electrons. The van der Waals surface area contributed by atoms with Crippen molar-refractivity contribution in [3.63, 3.8) is 0 Å². The number of nitro groups is 1. The van der Waals surface area contributed by atoms with Gasteiger partial charge in [-0.2, -0.15) is 0 Å². The number of aryl methyl sites for hydroxylation is 1. The summed E-state index contributed by atoms with van der Waals surface area (Å²) in [4.78, 5) is 35.8. The third-order valence-electron chi connectivity index (χ3n) is 4.62. The van der Waals surface area contributed by atoms with Crippen LogP contribution in [0.5, 0.6) is 0 Å². The molecule has 1 unspecified atom stereocenters. The van der Waals surface area contributed by atoms with Crippen LogP contribution in [-0.2, 0) is 14.3 Å². The molecule has 1 N–H and O–H groups in total. The number of carbonyl (C=O) groups excluding carboxylic acids is 2. The lowest BCUT2D eigenvalue weighted by Gasteiger charge is -2.26. The molecule has 1 aliphatic carbocycles. The Morgan fingerprint density at radius 2 is 1.89 bits per heavy atom. The lowest BCUT2D eigenvalue weighted by atomic mass is 9.85. The monoisotopic (exact) mass is 368 g/mol. The van der Waals surface area contributed by atoms with Crippen LogP contribution in [0.3, 0.4) is 0 Å². The second-order valence-corrected chi connectivity index (χ2v) is 6.62. The first-order valence-corrected chi connectivity index (χ1v) is 8.77. The SMILES string of the molecule is Cc1ccc(NC(=O)C(OC(=O)C2CCC2)c2ccccc2)c([N+](=O)[O-])c1. The maximum atomic E-state index is 12.8. The van der Waals surface area contributed by atoms with E-state index in [1.807, 2.05) is 0 Å². The van der Waals surface area contributed by atoms with Crippen molar-refractivity contribution in [3.05, 3.63) is 69.8 Å². The summed E-state index contributed by atoms with van der Waals surface area (Å²) in [5.41, 5.74) is 1.07. The molecule has 2 aromatic carbocycles. The van der Waals surface area contributed by atoms with Crippen molar-refractivity contribution >= 4 is 23.3 Å². The average Bonchev–Trinajstić information content (AvgIpc) is 2.60. The van der Waals surface area contributed by atoms with Crippen LogP contribution in [0.4, 0.5) is 11.4 Å². The molecule has 2 aromatic rings. The number of nitro benzene ring substituents is 1. The number of hydrogen-bond acceptors (Lipinski definition) is 5. The molecule has 1 fully saturated rings. The number of rotatable bonds is 6. The fraction of sp³-hybridized carbons (Fsp3) is 0.300. The van der Waals surface area contributed by atoms with Gasteiger partial charge in [-0.3, -0.25) is 19.7 Å². The second kappa shape index (κ2) is 7.99. The van der Waals surface area contributed by atoms with Gasteiger partial charge in [-0.15, -0.1) is 0 Å². The highest BCUT2D eigenvalue weighted by molar-refractivity contribution is 5.98. The van der Waals surface area contributed by atoms with Crippen LogP contribution in [0.1, 0.15) is 36.5 Å². The van der Waals surface area contributed by atoms with Crippen LogP contribution in [0, 0.1) is 23.0 Å². The molecule has 3 rings (SSSR count). The van der Waals surface area contributed by atoms with E-state index in [2.05, 4.69) is 5.32 Å². The van der Waals surface area contributed by atoms with Crippen molar-refractivity contribution in [1.29, 1.82) is 0 Å². The number of carbonyl (C=O) groups is 2. The van der Waals surface area contributed by atoms with Crippen LogP contribution in [0.25, 0.3) is 0 Å². The number of ether oxygens (including phenoxy) is 1. The van der Waals surface area contributed by atoms with Crippen molar-refractivity contribution in [2.45, 2.75) is 32.3 Å². The Bertz CT molecular complexity index is 862. The van der Waals surface area contributed by atoms with E-state index in [0.29, 0.717) is 11.1 Å². The minimum atomic E-state index is -1.17. The molecule has 0 aliphatic heterocycles. The number of benzene rings is 2. The predicted octanol–water partition coefficient (Wildman–Crippen LogP) is 3.93. The number of amides is 1. The molecule has 1 saturated carbocycles. The molecule has 0 spiro atoms. The van der Waals surface area contributed by atoms with Crippen molar-refractivity contribution < 1.29 is 19.2 Å². The van der Waals surface area contributed by atoms with Crippen LogP contribution < -0.4 is 5.32 Å². The first-order chi connectivity index (χ1) is 13.0. The normalized spacial score (nSPS) is 14.7. The molecule has 7 heteroatoms. The molecule has 1 atom stereocenters. The number of hydrogen-bond donors (Lipinski definition) is 1. The summed E-state index contributed by atoms with van der Waals surface area (Å²) < 4.78 is 5.48. The zero-order valence-electron chi connectivity index (χ0n) is 14.9. The Morgan fingerprint density at radius 3 is 2.48 bits per heavy atom. The molecule has 0 saturated heterocycles. The molecular formula is C20H20N2O5. The molecule has 0 heterocycles. The highest BCUT2D eigenvalue weighted by Crippen LogP contribution is 2.31. The maximum absolute atomic E-state index is 12.8. The van der Waals surface area contributed by atoms with Crippen molar-refractivity contribution in [2.75, 3.05) is 5.32 Å². The molecule has 1 amide bonds.